The van der Waals surface area contributed by atoms with Crippen molar-refractivity contribution < 1.29 is 0 Å². The molecule has 43 heavy (non-hydrogen) atoms. The molecule has 2 aliphatic heterocycles. The molecular weight excluding hydrogens is 524 g/mol. The van der Waals surface area contributed by atoms with E-state index in [4.69, 9.17) is 0 Å². The average Bonchev–Trinajstić information content (AvgIpc) is 3.79. The van der Waals surface area contributed by atoms with Gasteiger partial charge in [0.15, 0.2) is 0 Å². The van der Waals surface area contributed by atoms with Crippen molar-refractivity contribution in [2.45, 2.75) is 38.6 Å². The van der Waals surface area contributed by atoms with E-state index in [-0.39, 0.29) is 0 Å². The third-order valence-electron chi connectivity index (χ3n) is 9.55. The van der Waals surface area contributed by atoms with Crippen LogP contribution in [-0.2, 0) is 0 Å². The monoisotopic (exact) mass is 564 g/mol. The molecule has 0 spiro atoms. The van der Waals surface area contributed by atoms with Crippen molar-refractivity contribution in [3.8, 4) is 22.3 Å². The van der Waals surface area contributed by atoms with Crippen molar-refractivity contribution in [3.63, 3.8) is 0 Å². The Morgan fingerprint density at radius 3 is 2.37 bits per heavy atom. The van der Waals surface area contributed by atoms with Crippen LogP contribution < -0.4 is 10.6 Å². The number of fused-ring (bicyclic) bond motifs is 1. The zero-order chi connectivity index (χ0) is 29.3. The number of hydrogen-bond donors (Lipinski definition) is 2. The summed E-state index contributed by atoms with van der Waals surface area (Å²) in [5.41, 5.74) is 13.8. The summed E-state index contributed by atoms with van der Waals surface area (Å²) in [5.74, 6) is 0. The maximum atomic E-state index is 4.41. The van der Waals surface area contributed by atoms with Crippen molar-refractivity contribution >= 4 is 29.3 Å². The van der Waals surface area contributed by atoms with E-state index in [0.717, 1.165) is 46.6 Å². The Hall–Kier alpha value is -4.50. The van der Waals surface area contributed by atoms with E-state index in [1.807, 2.05) is 0 Å². The van der Waals surface area contributed by atoms with Gasteiger partial charge in [0, 0.05) is 58.1 Å². The maximum absolute atomic E-state index is 4.41. The number of nitrogens with zero attached hydrogens (tertiary/aromatic N) is 2. The lowest BCUT2D eigenvalue weighted by molar-refractivity contribution is 0.159. The molecular formula is C39H40N4. The molecule has 3 aromatic carbocycles. The molecule has 2 aliphatic rings. The van der Waals surface area contributed by atoms with E-state index >= 15 is 0 Å². The van der Waals surface area contributed by atoms with Crippen molar-refractivity contribution in [3.05, 3.63) is 119 Å². The summed E-state index contributed by atoms with van der Waals surface area (Å²) >= 11 is 0. The zero-order valence-electron chi connectivity index (χ0n) is 25.1. The van der Waals surface area contributed by atoms with Crippen LogP contribution in [0.5, 0.6) is 0 Å². The van der Waals surface area contributed by atoms with Gasteiger partial charge in [-0.2, -0.15) is 0 Å². The molecule has 4 nitrogen and oxygen atoms in total. The Morgan fingerprint density at radius 2 is 1.60 bits per heavy atom. The number of nitrogens with one attached hydrogen (secondary N) is 2. The third kappa shape index (κ3) is 5.18. The first kappa shape index (κ1) is 27.3. The average molecular weight is 565 g/mol. The first-order chi connectivity index (χ1) is 21.1. The number of aromatic nitrogens is 2. The van der Waals surface area contributed by atoms with Crippen molar-refractivity contribution in [2.24, 2.45) is 0 Å². The molecule has 2 fully saturated rings. The minimum atomic E-state index is 0.723. The highest BCUT2D eigenvalue weighted by atomic mass is 15.2. The van der Waals surface area contributed by atoms with E-state index in [2.05, 4.69) is 131 Å². The van der Waals surface area contributed by atoms with Crippen LogP contribution in [0.4, 0.5) is 0 Å². The lowest BCUT2D eigenvalue weighted by Crippen LogP contribution is -2.43. The zero-order valence-corrected chi connectivity index (χ0v) is 25.1. The summed E-state index contributed by atoms with van der Waals surface area (Å²) < 4.78 is 0. The lowest BCUT2D eigenvalue weighted by Gasteiger charge is -2.38. The van der Waals surface area contributed by atoms with Crippen molar-refractivity contribution in [1.29, 1.82) is 0 Å². The standard InChI is InChI=1S/C39H40N4/c1-4-38(43-22-18-32(19-23-43)42-20-8-9-21-42)35-26-40-37(27(35)2)25-34-28(3)41-36-17-11-16-33(39(34)36)31-15-10-14-30(24-31)29-12-6-5-7-13-29/h5-7,10-17,24-26,32,40-41H,1,3,8-9,18-23H2,2H3/b34-25+. The molecule has 0 radical (unpaired) electrons. The predicted molar refractivity (Wildman–Crippen MR) is 181 cm³/mol. The van der Waals surface area contributed by atoms with Crippen molar-refractivity contribution in [1.82, 2.24) is 19.8 Å². The minimum absolute atomic E-state index is 0.723. The second-order valence-electron chi connectivity index (χ2n) is 12.1. The first-order valence-electron chi connectivity index (χ1n) is 15.7. The van der Waals surface area contributed by atoms with Gasteiger partial charge in [-0.3, -0.25) is 0 Å². The van der Waals surface area contributed by atoms with Gasteiger partial charge < -0.3 is 19.8 Å². The fraction of sp³-hybridized carbons (Fsp3) is 0.256. The van der Waals surface area contributed by atoms with Gasteiger partial charge in [0.25, 0.3) is 0 Å². The normalized spacial score (nSPS) is 16.7. The quantitative estimate of drug-likeness (QED) is 0.217. The van der Waals surface area contributed by atoms with Gasteiger partial charge in [-0.1, -0.05) is 73.8 Å². The number of aromatic amines is 2. The van der Waals surface area contributed by atoms with Crippen LogP contribution in [0.1, 0.15) is 42.5 Å². The van der Waals surface area contributed by atoms with E-state index < -0.39 is 0 Å². The summed E-state index contributed by atoms with van der Waals surface area (Å²) in [6.45, 7) is 15.4. The number of piperidine rings is 1. The molecule has 7 rings (SSSR count). The Kier molecular flexibility index (Phi) is 7.40. The van der Waals surface area contributed by atoms with Crippen LogP contribution in [0.3, 0.4) is 0 Å². The fourth-order valence-corrected chi connectivity index (χ4v) is 7.21. The summed E-state index contributed by atoms with van der Waals surface area (Å²) in [7, 11) is 0. The second-order valence-corrected chi connectivity index (χ2v) is 12.1. The van der Waals surface area contributed by atoms with Crippen LogP contribution in [0.25, 0.3) is 51.5 Å². The molecule has 216 valence electrons. The minimum Gasteiger partial charge on any atom is -0.365 e. The molecule has 2 saturated heterocycles. The van der Waals surface area contributed by atoms with Crippen LogP contribution >= 0.6 is 0 Å². The molecule has 0 bridgehead atoms. The van der Waals surface area contributed by atoms with E-state index in [9.17, 15) is 0 Å². The molecule has 0 atom stereocenters. The number of hydrogen-bond acceptors (Lipinski definition) is 2. The van der Waals surface area contributed by atoms with Crippen molar-refractivity contribution in [2.75, 3.05) is 26.2 Å². The largest absolute Gasteiger partial charge is 0.365 e. The van der Waals surface area contributed by atoms with Crippen LogP contribution in [0, 0.1) is 6.92 Å². The lowest BCUT2D eigenvalue weighted by atomic mass is 9.96. The molecule has 4 heteroatoms. The van der Waals surface area contributed by atoms with E-state index in [1.165, 1.54) is 77.5 Å². The molecule has 4 heterocycles. The SMILES string of the molecule is C=C=C(c1c[nH]c(/C=c2\c(=C)[nH]c3cccc(-c4cccc(-c5ccccc5)c4)c23)c1C)N1CCC(N2CCCC2)CC1. The summed E-state index contributed by atoms with van der Waals surface area (Å²) in [5, 5.41) is 3.22. The summed E-state index contributed by atoms with van der Waals surface area (Å²) in [6, 6.07) is 26.6. The number of H-pyrrole nitrogens is 2. The molecule has 0 saturated carbocycles. The molecule has 5 aromatic rings. The van der Waals surface area contributed by atoms with Crippen LogP contribution in [-0.4, -0.2) is 52.0 Å². The predicted octanol–water partition coefficient (Wildman–Crippen LogP) is 7.06. The van der Waals surface area contributed by atoms with Gasteiger partial charge in [-0.25, -0.2) is 0 Å². The van der Waals surface area contributed by atoms with Gasteiger partial charge in [0.05, 0.1) is 5.70 Å². The number of likely N-dealkylation sites (tertiary alicyclic amines) is 2. The number of rotatable bonds is 6. The Labute approximate surface area is 254 Å². The highest BCUT2D eigenvalue weighted by Crippen LogP contribution is 2.31. The molecule has 0 unspecified atom stereocenters. The Balaban J connectivity index is 1.23. The van der Waals surface area contributed by atoms with Gasteiger partial charge in [-0.05, 0) is 91.7 Å². The molecule has 2 aromatic heterocycles. The van der Waals surface area contributed by atoms with Crippen LogP contribution in [0.15, 0.2) is 91.3 Å². The third-order valence-corrected chi connectivity index (χ3v) is 9.55. The smallest absolute Gasteiger partial charge is 0.0885 e. The van der Waals surface area contributed by atoms with E-state index in [1.54, 1.807) is 0 Å². The fourth-order valence-electron chi connectivity index (χ4n) is 7.21. The van der Waals surface area contributed by atoms with Gasteiger partial charge in [0.1, 0.15) is 0 Å². The number of benzene rings is 3. The Bertz CT molecular complexity index is 1920. The highest BCUT2D eigenvalue weighted by Gasteiger charge is 2.28. The van der Waals surface area contributed by atoms with E-state index in [0.29, 0.717) is 0 Å². The highest BCUT2D eigenvalue weighted by molar-refractivity contribution is 5.97. The molecule has 0 amide bonds. The Morgan fingerprint density at radius 1 is 0.884 bits per heavy atom. The first-order valence-corrected chi connectivity index (χ1v) is 15.7. The van der Waals surface area contributed by atoms with Gasteiger partial charge >= 0.3 is 0 Å². The maximum Gasteiger partial charge on any atom is 0.0885 e. The molecule has 2 N–H and O–H groups in total. The van der Waals surface area contributed by atoms with Crippen LogP contribution in [0.2, 0.25) is 0 Å². The van der Waals surface area contributed by atoms with Gasteiger partial charge in [0.2, 0.25) is 0 Å². The second kappa shape index (κ2) is 11.6. The van der Waals surface area contributed by atoms with Gasteiger partial charge in [-0.15, -0.1) is 5.73 Å². The topological polar surface area (TPSA) is 38.1 Å². The summed E-state index contributed by atoms with van der Waals surface area (Å²) in [4.78, 5) is 12.3. The molecule has 0 aliphatic carbocycles. The summed E-state index contributed by atoms with van der Waals surface area (Å²) in [6.07, 6.45) is 9.51.